The van der Waals surface area contributed by atoms with Gasteiger partial charge in [0.1, 0.15) is 17.3 Å². The number of halogens is 2. The van der Waals surface area contributed by atoms with Crippen LogP contribution in [0.2, 0.25) is 5.15 Å². The summed E-state index contributed by atoms with van der Waals surface area (Å²) in [6.07, 6.45) is 1.41. The van der Waals surface area contributed by atoms with E-state index in [2.05, 4.69) is 15.6 Å². The highest BCUT2D eigenvalue weighted by molar-refractivity contribution is 7.92. The molecule has 0 spiro atoms. The highest BCUT2D eigenvalue weighted by Gasteiger charge is 2.21. The summed E-state index contributed by atoms with van der Waals surface area (Å²) in [5, 5.41) is 4.64. The summed E-state index contributed by atoms with van der Waals surface area (Å²) < 4.78 is 36.7. The summed E-state index contributed by atoms with van der Waals surface area (Å²) in [6, 6.07) is 7.80. The molecule has 2 N–H and O–H groups in total. The van der Waals surface area contributed by atoms with Gasteiger partial charge in [-0.15, -0.1) is 0 Å². The van der Waals surface area contributed by atoms with Crippen LogP contribution in [0.15, 0.2) is 42.6 Å². The second kappa shape index (κ2) is 8.04. The molecule has 0 fully saturated rings. The van der Waals surface area contributed by atoms with Gasteiger partial charge in [0.05, 0.1) is 5.69 Å². The molecule has 0 aliphatic rings. The molecule has 0 atom stereocenters. The number of carbonyl (C=O) groups excluding carboxylic acids is 2. The zero-order chi connectivity index (χ0) is 18.4. The van der Waals surface area contributed by atoms with Crippen LogP contribution in [0.3, 0.4) is 0 Å². The Hall–Kier alpha value is -2.52. The van der Waals surface area contributed by atoms with Gasteiger partial charge in [0.2, 0.25) is 11.8 Å². The first-order valence-corrected chi connectivity index (χ1v) is 9.11. The summed E-state index contributed by atoms with van der Waals surface area (Å²) in [5.41, 5.74) is 0.410. The molecule has 10 heteroatoms. The molecule has 2 rings (SSSR count). The van der Waals surface area contributed by atoms with Crippen molar-refractivity contribution < 1.29 is 22.4 Å². The van der Waals surface area contributed by atoms with E-state index in [1.165, 1.54) is 30.5 Å². The maximum atomic E-state index is 12.8. The molecule has 0 radical (unpaired) electrons. The lowest BCUT2D eigenvalue weighted by molar-refractivity contribution is -0.114. The van der Waals surface area contributed by atoms with E-state index >= 15 is 0 Å². The molecule has 7 nitrogen and oxygen atoms in total. The number of anilines is 2. The highest BCUT2D eigenvalue weighted by atomic mass is 35.5. The van der Waals surface area contributed by atoms with Crippen LogP contribution in [0.1, 0.15) is 0 Å². The Balaban J connectivity index is 1.92. The Morgan fingerprint density at radius 2 is 1.64 bits per heavy atom. The van der Waals surface area contributed by atoms with Gasteiger partial charge in [-0.05, 0) is 36.4 Å². The number of sulfone groups is 1. The number of benzene rings is 1. The average molecular weight is 386 g/mol. The van der Waals surface area contributed by atoms with E-state index in [1.807, 2.05) is 0 Å². The van der Waals surface area contributed by atoms with Crippen LogP contribution < -0.4 is 10.6 Å². The molecule has 0 unspecified atom stereocenters. The fourth-order valence-electron chi connectivity index (χ4n) is 1.85. The molecule has 2 amide bonds. The number of hydrogen-bond donors (Lipinski definition) is 2. The lowest BCUT2D eigenvalue weighted by Gasteiger charge is -2.08. The lowest BCUT2D eigenvalue weighted by atomic mass is 10.3. The second-order valence-corrected chi connectivity index (χ2v) is 7.40. The van der Waals surface area contributed by atoms with Gasteiger partial charge in [-0.3, -0.25) is 9.59 Å². The average Bonchev–Trinajstić information content (AvgIpc) is 2.50. The fourth-order valence-corrected chi connectivity index (χ4v) is 3.06. The molecular formula is C15H13ClFN3O4S. The zero-order valence-corrected chi connectivity index (χ0v) is 14.3. The van der Waals surface area contributed by atoms with Crippen LogP contribution >= 0.6 is 11.6 Å². The Kier molecular flexibility index (Phi) is 6.05. The Morgan fingerprint density at radius 1 is 1.04 bits per heavy atom. The van der Waals surface area contributed by atoms with Gasteiger partial charge in [-0.1, -0.05) is 11.6 Å². The lowest BCUT2D eigenvalue weighted by Crippen LogP contribution is -2.30. The van der Waals surface area contributed by atoms with Crippen molar-refractivity contribution >= 4 is 44.6 Å². The van der Waals surface area contributed by atoms with Crippen molar-refractivity contribution in [1.29, 1.82) is 0 Å². The minimum Gasteiger partial charge on any atom is -0.325 e. The van der Waals surface area contributed by atoms with Crippen molar-refractivity contribution in [1.82, 2.24) is 4.98 Å². The Morgan fingerprint density at radius 3 is 2.24 bits per heavy atom. The maximum absolute atomic E-state index is 12.8. The smallest absolute Gasteiger partial charge is 0.239 e. The number of nitrogens with one attached hydrogen (secondary N) is 2. The Labute approximate surface area is 148 Å². The van der Waals surface area contributed by atoms with E-state index in [1.54, 1.807) is 0 Å². The molecule has 1 heterocycles. The van der Waals surface area contributed by atoms with E-state index < -0.39 is 39.0 Å². The van der Waals surface area contributed by atoms with Gasteiger partial charge in [0.15, 0.2) is 15.0 Å². The van der Waals surface area contributed by atoms with Gasteiger partial charge in [0.25, 0.3) is 0 Å². The number of carbonyl (C=O) groups is 2. The number of aromatic nitrogens is 1. The van der Waals surface area contributed by atoms with Gasteiger partial charge in [-0.25, -0.2) is 17.8 Å². The molecule has 0 aliphatic heterocycles. The van der Waals surface area contributed by atoms with Crippen LogP contribution in [-0.4, -0.2) is 36.7 Å². The van der Waals surface area contributed by atoms with Crippen LogP contribution in [-0.2, 0) is 19.4 Å². The normalized spacial score (nSPS) is 11.0. The summed E-state index contributed by atoms with van der Waals surface area (Å²) in [5.74, 6) is -3.95. The SMILES string of the molecule is O=C(CS(=O)(=O)CC(=O)Nc1cccnc1Cl)Nc1ccc(F)cc1. The minimum atomic E-state index is -4.00. The van der Waals surface area contributed by atoms with Gasteiger partial charge in [-0.2, -0.15) is 0 Å². The number of pyridine rings is 1. The highest BCUT2D eigenvalue weighted by Crippen LogP contribution is 2.17. The minimum absolute atomic E-state index is 0.0160. The summed E-state index contributed by atoms with van der Waals surface area (Å²) in [4.78, 5) is 27.3. The van der Waals surface area contributed by atoms with Crippen LogP contribution in [0.5, 0.6) is 0 Å². The Bertz CT molecular complexity index is 888. The molecule has 0 saturated heterocycles. The topological polar surface area (TPSA) is 105 Å². The first kappa shape index (κ1) is 18.8. The first-order chi connectivity index (χ1) is 11.7. The molecule has 1 aromatic heterocycles. The van der Waals surface area contributed by atoms with E-state index in [-0.39, 0.29) is 16.5 Å². The summed E-state index contributed by atoms with van der Waals surface area (Å²) >= 11 is 5.76. The van der Waals surface area contributed by atoms with E-state index in [4.69, 9.17) is 11.6 Å². The third kappa shape index (κ3) is 6.12. The second-order valence-electron chi connectivity index (χ2n) is 4.98. The van der Waals surface area contributed by atoms with Gasteiger partial charge < -0.3 is 10.6 Å². The molecule has 0 bridgehead atoms. The van der Waals surface area contributed by atoms with Crippen molar-refractivity contribution in [2.75, 3.05) is 22.1 Å². The van der Waals surface area contributed by atoms with Gasteiger partial charge >= 0.3 is 0 Å². The zero-order valence-electron chi connectivity index (χ0n) is 12.7. The predicted molar refractivity (Wildman–Crippen MR) is 91.6 cm³/mol. The summed E-state index contributed by atoms with van der Waals surface area (Å²) in [6.45, 7) is 0. The van der Waals surface area contributed by atoms with Crippen molar-refractivity contribution in [2.24, 2.45) is 0 Å². The third-order valence-electron chi connectivity index (χ3n) is 2.86. The van der Waals surface area contributed by atoms with Gasteiger partial charge in [0, 0.05) is 11.9 Å². The maximum Gasteiger partial charge on any atom is 0.239 e. The molecule has 1 aromatic carbocycles. The molecule has 25 heavy (non-hydrogen) atoms. The van der Waals surface area contributed by atoms with Crippen LogP contribution in [0.25, 0.3) is 0 Å². The van der Waals surface area contributed by atoms with Crippen molar-refractivity contribution in [3.8, 4) is 0 Å². The molecule has 2 aromatic rings. The monoisotopic (exact) mass is 385 g/mol. The van der Waals surface area contributed by atoms with E-state index in [0.717, 1.165) is 12.1 Å². The van der Waals surface area contributed by atoms with Crippen LogP contribution in [0, 0.1) is 5.82 Å². The number of rotatable bonds is 6. The van der Waals surface area contributed by atoms with Crippen molar-refractivity contribution in [3.05, 3.63) is 53.6 Å². The van der Waals surface area contributed by atoms with E-state index in [9.17, 15) is 22.4 Å². The van der Waals surface area contributed by atoms with Crippen molar-refractivity contribution in [3.63, 3.8) is 0 Å². The molecule has 132 valence electrons. The molecular weight excluding hydrogens is 373 g/mol. The number of nitrogens with zero attached hydrogens (tertiary/aromatic N) is 1. The molecule has 0 saturated carbocycles. The predicted octanol–water partition coefficient (Wildman–Crippen LogP) is 1.87. The first-order valence-electron chi connectivity index (χ1n) is 6.91. The number of hydrogen-bond acceptors (Lipinski definition) is 5. The number of amides is 2. The van der Waals surface area contributed by atoms with E-state index in [0.29, 0.717) is 0 Å². The third-order valence-corrected chi connectivity index (χ3v) is 4.57. The molecule has 0 aliphatic carbocycles. The van der Waals surface area contributed by atoms with Crippen LogP contribution in [0.4, 0.5) is 15.8 Å². The largest absolute Gasteiger partial charge is 0.325 e. The fraction of sp³-hybridized carbons (Fsp3) is 0.133. The summed E-state index contributed by atoms with van der Waals surface area (Å²) in [7, 11) is -4.00. The quantitative estimate of drug-likeness (QED) is 0.738. The standard InChI is InChI=1S/C15H13ClFN3O4S/c16-15-12(2-1-7-18-15)20-14(22)9-25(23,24)8-13(21)19-11-5-3-10(17)4-6-11/h1-7H,8-9H2,(H,19,21)(H,20,22). The van der Waals surface area contributed by atoms with Crippen molar-refractivity contribution in [2.45, 2.75) is 0 Å².